The summed E-state index contributed by atoms with van der Waals surface area (Å²) < 4.78 is 0. The van der Waals surface area contributed by atoms with E-state index in [1.54, 1.807) is 18.0 Å². The first kappa shape index (κ1) is 12.7. The largest absolute Gasteiger partial charge is 0.382 e. The summed E-state index contributed by atoms with van der Waals surface area (Å²) in [7, 11) is 0. The average Bonchev–Trinajstić information content (AvgIpc) is 2.88. The number of hydrogen-bond donors (Lipinski definition) is 3. The number of rotatable bonds is 4. The Morgan fingerprint density at radius 2 is 2.10 bits per heavy atom. The fourth-order valence-electron chi connectivity index (χ4n) is 2.00. The van der Waals surface area contributed by atoms with Crippen LogP contribution in [0.15, 0.2) is 53.7 Å². The Morgan fingerprint density at radius 1 is 1.25 bits per heavy atom. The highest BCUT2D eigenvalue weighted by Gasteiger charge is 2.03. The monoisotopic (exact) mass is 282 g/mol. The van der Waals surface area contributed by atoms with Gasteiger partial charge in [-0.25, -0.2) is 0 Å². The first-order chi connectivity index (χ1) is 9.72. The molecule has 100 valence electrons. The molecule has 4 N–H and O–H groups in total. The summed E-state index contributed by atoms with van der Waals surface area (Å²) in [5.74, 6) is 0.817. The highest BCUT2D eigenvalue weighted by atomic mass is 32.2. The summed E-state index contributed by atoms with van der Waals surface area (Å²) in [5, 5.41) is 9.75. The van der Waals surface area contributed by atoms with Crippen molar-refractivity contribution in [1.82, 2.24) is 9.97 Å². The van der Waals surface area contributed by atoms with E-state index in [9.17, 15) is 0 Å². The molecule has 0 saturated carbocycles. The van der Waals surface area contributed by atoms with Gasteiger partial charge in [-0.05, 0) is 29.8 Å². The number of H-pyrrole nitrogens is 1. The second kappa shape index (κ2) is 5.38. The summed E-state index contributed by atoms with van der Waals surface area (Å²) in [4.78, 5) is 7.45. The van der Waals surface area contributed by atoms with Crippen molar-refractivity contribution < 1.29 is 0 Å². The second-order valence-corrected chi connectivity index (χ2v) is 5.49. The minimum absolute atomic E-state index is 0.00228. The van der Waals surface area contributed by atoms with Crippen LogP contribution < -0.4 is 5.73 Å². The normalized spacial score (nSPS) is 10.8. The molecular weight excluding hydrogens is 268 g/mol. The van der Waals surface area contributed by atoms with Gasteiger partial charge in [0.25, 0.3) is 0 Å². The lowest BCUT2D eigenvalue weighted by molar-refractivity contribution is 1.20. The molecule has 0 aliphatic carbocycles. The Bertz CT molecular complexity index is 730. The van der Waals surface area contributed by atoms with E-state index in [1.165, 1.54) is 5.39 Å². The van der Waals surface area contributed by atoms with Crippen LogP contribution in [0.2, 0.25) is 0 Å². The second-order valence-electron chi connectivity index (χ2n) is 4.47. The van der Waals surface area contributed by atoms with Crippen molar-refractivity contribution in [1.29, 1.82) is 5.41 Å². The molecule has 4 nitrogen and oxygen atoms in total. The average molecular weight is 282 g/mol. The summed E-state index contributed by atoms with van der Waals surface area (Å²) in [6, 6.07) is 14.2. The molecule has 1 aromatic carbocycles. The van der Waals surface area contributed by atoms with Crippen LogP contribution in [-0.2, 0) is 5.75 Å². The van der Waals surface area contributed by atoms with Crippen molar-refractivity contribution in [3.63, 3.8) is 0 Å². The number of aromatic amines is 1. The molecule has 0 radical (unpaired) electrons. The van der Waals surface area contributed by atoms with Gasteiger partial charge in [-0.1, -0.05) is 18.2 Å². The van der Waals surface area contributed by atoms with Crippen LogP contribution >= 0.6 is 11.8 Å². The van der Waals surface area contributed by atoms with E-state index in [2.05, 4.69) is 28.2 Å². The zero-order valence-electron chi connectivity index (χ0n) is 10.8. The number of nitrogens with one attached hydrogen (secondary N) is 2. The summed E-state index contributed by atoms with van der Waals surface area (Å²) >= 11 is 1.73. The Labute approximate surface area is 120 Å². The van der Waals surface area contributed by atoms with Crippen molar-refractivity contribution in [3.05, 3.63) is 59.9 Å². The van der Waals surface area contributed by atoms with Gasteiger partial charge in [-0.15, -0.1) is 11.8 Å². The molecule has 0 fully saturated rings. The van der Waals surface area contributed by atoms with Gasteiger partial charge in [0.1, 0.15) is 11.5 Å². The highest BCUT2D eigenvalue weighted by molar-refractivity contribution is 7.98. The number of thioether (sulfide) groups is 1. The number of hydrogen-bond acceptors (Lipinski definition) is 3. The summed E-state index contributed by atoms with van der Waals surface area (Å²) in [6.45, 7) is 0. The number of aromatic nitrogens is 2. The third-order valence-electron chi connectivity index (χ3n) is 3.00. The molecule has 2 heterocycles. The predicted molar refractivity (Wildman–Crippen MR) is 83.1 cm³/mol. The summed E-state index contributed by atoms with van der Waals surface area (Å²) in [5.41, 5.74) is 8.23. The van der Waals surface area contributed by atoms with E-state index in [0.29, 0.717) is 5.69 Å². The molecule has 0 aliphatic heterocycles. The molecule has 2 aromatic heterocycles. The zero-order chi connectivity index (χ0) is 13.9. The molecule has 0 atom stereocenters. The van der Waals surface area contributed by atoms with E-state index < -0.39 is 0 Å². The van der Waals surface area contributed by atoms with Crippen molar-refractivity contribution in [2.75, 3.05) is 0 Å². The van der Waals surface area contributed by atoms with E-state index in [1.807, 2.05) is 24.3 Å². The van der Waals surface area contributed by atoms with Crippen LogP contribution in [0.1, 0.15) is 11.3 Å². The van der Waals surface area contributed by atoms with Crippen LogP contribution in [0.4, 0.5) is 0 Å². The maximum Gasteiger partial charge on any atom is 0.141 e. The standard InChI is InChI=1S/C15H14N4S/c16-15(17)13-7-10(5-6-18-13)9-20-14-8-11-3-1-2-4-12(11)19-14/h1-8,19H,9H2,(H3,16,17). The molecule has 0 saturated heterocycles. The van der Waals surface area contributed by atoms with Gasteiger partial charge >= 0.3 is 0 Å². The lowest BCUT2D eigenvalue weighted by Gasteiger charge is -2.02. The van der Waals surface area contributed by atoms with Crippen LogP contribution in [0.25, 0.3) is 10.9 Å². The van der Waals surface area contributed by atoms with Crippen molar-refractivity contribution >= 4 is 28.5 Å². The highest BCUT2D eigenvalue weighted by Crippen LogP contribution is 2.26. The topological polar surface area (TPSA) is 78.5 Å². The third-order valence-corrected chi connectivity index (χ3v) is 4.01. The molecule has 5 heteroatoms. The Hall–Kier alpha value is -2.27. The number of pyridine rings is 1. The number of amidine groups is 1. The first-order valence-electron chi connectivity index (χ1n) is 6.22. The molecule has 0 spiro atoms. The van der Waals surface area contributed by atoms with E-state index in [-0.39, 0.29) is 5.84 Å². The Morgan fingerprint density at radius 3 is 2.90 bits per heavy atom. The van der Waals surface area contributed by atoms with Crippen LogP contribution in [0.3, 0.4) is 0 Å². The lowest BCUT2D eigenvalue weighted by atomic mass is 10.2. The molecular formula is C15H14N4S. The molecule has 3 rings (SSSR count). The predicted octanol–water partition coefficient (Wildman–Crippen LogP) is 3.14. The van der Waals surface area contributed by atoms with Crippen molar-refractivity contribution in [2.45, 2.75) is 10.8 Å². The van der Waals surface area contributed by atoms with Crippen LogP contribution in [0.5, 0.6) is 0 Å². The van der Waals surface area contributed by atoms with E-state index >= 15 is 0 Å². The molecule has 0 bridgehead atoms. The number of para-hydroxylation sites is 1. The molecule has 0 amide bonds. The quantitative estimate of drug-likeness (QED) is 0.391. The van der Waals surface area contributed by atoms with Gasteiger partial charge in [-0.2, -0.15) is 0 Å². The van der Waals surface area contributed by atoms with Crippen LogP contribution in [0, 0.1) is 5.41 Å². The number of fused-ring (bicyclic) bond motifs is 1. The molecule has 0 unspecified atom stereocenters. The number of nitrogen functional groups attached to an aromatic ring is 1. The van der Waals surface area contributed by atoms with Gasteiger partial charge in [-0.3, -0.25) is 10.4 Å². The van der Waals surface area contributed by atoms with Gasteiger partial charge in [0, 0.05) is 22.9 Å². The smallest absolute Gasteiger partial charge is 0.141 e. The van der Waals surface area contributed by atoms with Gasteiger partial charge < -0.3 is 10.7 Å². The first-order valence-corrected chi connectivity index (χ1v) is 7.21. The molecule has 20 heavy (non-hydrogen) atoms. The van der Waals surface area contributed by atoms with Crippen LogP contribution in [-0.4, -0.2) is 15.8 Å². The molecule has 3 aromatic rings. The van der Waals surface area contributed by atoms with E-state index in [4.69, 9.17) is 11.1 Å². The number of nitrogens with two attached hydrogens (primary N) is 1. The maximum atomic E-state index is 7.40. The SMILES string of the molecule is N=C(N)c1cc(CSc2cc3ccccc3[nH]2)ccn1. The fraction of sp³-hybridized carbons (Fsp3) is 0.0667. The van der Waals surface area contributed by atoms with Gasteiger partial charge in [0.05, 0.1) is 5.03 Å². The van der Waals surface area contributed by atoms with Crippen molar-refractivity contribution in [3.8, 4) is 0 Å². The van der Waals surface area contributed by atoms with Gasteiger partial charge in [0.2, 0.25) is 0 Å². The Balaban J connectivity index is 1.75. The maximum absolute atomic E-state index is 7.40. The fourth-order valence-corrected chi connectivity index (χ4v) is 2.89. The Kier molecular flexibility index (Phi) is 3.43. The van der Waals surface area contributed by atoms with Gasteiger partial charge in [0.15, 0.2) is 0 Å². The van der Waals surface area contributed by atoms with Crippen molar-refractivity contribution in [2.24, 2.45) is 5.73 Å². The summed E-state index contributed by atoms with van der Waals surface area (Å²) in [6.07, 6.45) is 1.69. The minimum atomic E-state index is 0.00228. The number of nitrogens with zero attached hydrogens (tertiary/aromatic N) is 1. The molecule has 0 aliphatic rings. The zero-order valence-corrected chi connectivity index (χ0v) is 11.6. The minimum Gasteiger partial charge on any atom is -0.382 e. The lowest BCUT2D eigenvalue weighted by Crippen LogP contribution is -2.13. The number of benzene rings is 1. The third kappa shape index (κ3) is 2.67. The van der Waals surface area contributed by atoms with E-state index in [0.717, 1.165) is 21.9 Å².